The number of carbonyl (C=O) groups excluding carboxylic acids is 1. The number of aliphatic hydroxyl groups excluding tert-OH is 1. The molecular formula is C11H12N2O6S. The van der Waals surface area contributed by atoms with E-state index < -0.39 is 20.9 Å². The van der Waals surface area contributed by atoms with Crippen LogP contribution in [0.15, 0.2) is 23.1 Å². The lowest BCUT2D eigenvalue weighted by Crippen LogP contribution is -2.31. The fourth-order valence-corrected chi connectivity index (χ4v) is 3.56. The molecule has 1 N–H and O–H groups in total. The van der Waals surface area contributed by atoms with Gasteiger partial charge in [-0.1, -0.05) is 0 Å². The zero-order valence-corrected chi connectivity index (χ0v) is 11.2. The molecule has 0 aromatic heterocycles. The number of aliphatic hydroxyl groups is 1. The molecule has 108 valence electrons. The average molecular weight is 300 g/mol. The highest BCUT2D eigenvalue weighted by atomic mass is 32.2. The standard InChI is InChI=1S/C11H12N2O6S/c14-6-2-1-5-12-11(15)9-7-8(13(16)17)3-4-10(9)20(12,18)19/h3-4,7,14H,1-2,5-6H2. The van der Waals surface area contributed by atoms with E-state index >= 15 is 0 Å². The molecule has 0 unspecified atom stereocenters. The van der Waals surface area contributed by atoms with Gasteiger partial charge in [-0.05, 0) is 18.9 Å². The van der Waals surface area contributed by atoms with E-state index in [1.54, 1.807) is 0 Å². The maximum absolute atomic E-state index is 12.1. The molecule has 0 fully saturated rings. The summed E-state index contributed by atoms with van der Waals surface area (Å²) in [5, 5.41) is 19.3. The van der Waals surface area contributed by atoms with Gasteiger partial charge in [-0.3, -0.25) is 14.9 Å². The van der Waals surface area contributed by atoms with Crippen LogP contribution in [0, 0.1) is 10.1 Å². The van der Waals surface area contributed by atoms with Crippen molar-refractivity contribution >= 4 is 21.6 Å². The first-order valence-electron chi connectivity index (χ1n) is 5.86. The van der Waals surface area contributed by atoms with Crippen molar-refractivity contribution < 1.29 is 23.2 Å². The van der Waals surface area contributed by atoms with Crippen molar-refractivity contribution in [1.29, 1.82) is 0 Å². The zero-order chi connectivity index (χ0) is 14.9. The largest absolute Gasteiger partial charge is 0.396 e. The van der Waals surface area contributed by atoms with Crippen molar-refractivity contribution in [3.63, 3.8) is 0 Å². The molecule has 1 amide bonds. The number of carbonyl (C=O) groups is 1. The Balaban J connectivity index is 2.39. The number of nitrogens with zero attached hydrogens (tertiary/aromatic N) is 2. The van der Waals surface area contributed by atoms with Crippen LogP contribution in [0.1, 0.15) is 23.2 Å². The van der Waals surface area contributed by atoms with Gasteiger partial charge in [0.1, 0.15) is 4.90 Å². The first-order chi connectivity index (χ1) is 9.39. The Labute approximate surface area is 114 Å². The molecular weight excluding hydrogens is 288 g/mol. The third-order valence-corrected chi connectivity index (χ3v) is 4.81. The number of hydrogen-bond donors (Lipinski definition) is 1. The normalized spacial score (nSPS) is 16.2. The first-order valence-corrected chi connectivity index (χ1v) is 7.30. The molecule has 0 saturated carbocycles. The van der Waals surface area contributed by atoms with Crippen LogP contribution in [0.4, 0.5) is 5.69 Å². The van der Waals surface area contributed by atoms with E-state index in [1.165, 1.54) is 0 Å². The molecule has 8 nitrogen and oxygen atoms in total. The number of nitro benzene ring substituents is 1. The molecule has 0 saturated heterocycles. The van der Waals surface area contributed by atoms with Crippen molar-refractivity contribution in [2.45, 2.75) is 17.7 Å². The second-order valence-corrected chi connectivity index (χ2v) is 6.08. The number of hydrogen-bond acceptors (Lipinski definition) is 6. The number of non-ortho nitro benzene ring substituents is 1. The van der Waals surface area contributed by atoms with E-state index in [4.69, 9.17) is 5.11 Å². The van der Waals surface area contributed by atoms with Crippen molar-refractivity contribution in [3.8, 4) is 0 Å². The van der Waals surface area contributed by atoms with Gasteiger partial charge < -0.3 is 5.11 Å². The Hall–Kier alpha value is -2.00. The van der Waals surface area contributed by atoms with E-state index in [1.807, 2.05) is 0 Å². The fraction of sp³-hybridized carbons (Fsp3) is 0.364. The van der Waals surface area contributed by atoms with Gasteiger partial charge in [-0.15, -0.1) is 0 Å². The fourth-order valence-electron chi connectivity index (χ4n) is 1.97. The number of benzene rings is 1. The zero-order valence-electron chi connectivity index (χ0n) is 10.4. The van der Waals surface area contributed by atoms with Gasteiger partial charge in [0.15, 0.2) is 0 Å². The van der Waals surface area contributed by atoms with Gasteiger partial charge in [0.25, 0.3) is 21.6 Å². The summed E-state index contributed by atoms with van der Waals surface area (Å²) in [4.78, 5) is 21.8. The Morgan fingerprint density at radius 1 is 1.30 bits per heavy atom. The maximum Gasteiger partial charge on any atom is 0.270 e. The number of rotatable bonds is 5. The average Bonchev–Trinajstić information content (AvgIpc) is 2.59. The van der Waals surface area contributed by atoms with E-state index in [-0.39, 0.29) is 29.3 Å². The number of amides is 1. The maximum atomic E-state index is 12.1. The summed E-state index contributed by atoms with van der Waals surface area (Å²) in [6.07, 6.45) is 0.702. The highest BCUT2D eigenvalue weighted by Crippen LogP contribution is 2.32. The summed E-state index contributed by atoms with van der Waals surface area (Å²) in [6.45, 7) is -0.148. The molecule has 1 aromatic carbocycles. The number of unbranched alkanes of at least 4 members (excludes halogenated alkanes) is 1. The molecule has 1 heterocycles. The van der Waals surface area contributed by atoms with Crippen LogP contribution in [-0.4, -0.2) is 41.8 Å². The minimum atomic E-state index is -3.94. The number of sulfonamides is 1. The molecule has 2 rings (SSSR count). The minimum absolute atomic E-state index is 0.0514. The number of nitro groups is 1. The lowest BCUT2D eigenvalue weighted by molar-refractivity contribution is -0.384. The highest BCUT2D eigenvalue weighted by Gasteiger charge is 2.41. The molecule has 1 aliphatic heterocycles. The molecule has 0 radical (unpaired) electrons. The molecule has 20 heavy (non-hydrogen) atoms. The summed E-state index contributed by atoms with van der Waals surface area (Å²) in [5.74, 6) is -0.762. The Kier molecular flexibility index (Phi) is 3.73. The Bertz CT molecular complexity index is 669. The topological polar surface area (TPSA) is 118 Å². The smallest absolute Gasteiger partial charge is 0.270 e. The van der Waals surface area contributed by atoms with Gasteiger partial charge in [-0.25, -0.2) is 12.7 Å². The molecule has 0 spiro atoms. The lowest BCUT2D eigenvalue weighted by Gasteiger charge is -2.14. The summed E-state index contributed by atoms with van der Waals surface area (Å²) < 4.78 is 25.0. The van der Waals surface area contributed by atoms with Crippen LogP contribution >= 0.6 is 0 Å². The van der Waals surface area contributed by atoms with Gasteiger partial charge >= 0.3 is 0 Å². The highest BCUT2D eigenvalue weighted by molar-refractivity contribution is 7.90. The van der Waals surface area contributed by atoms with Crippen molar-refractivity contribution in [2.24, 2.45) is 0 Å². The summed E-state index contributed by atoms with van der Waals surface area (Å²) in [5.41, 5.74) is -0.507. The summed E-state index contributed by atoms with van der Waals surface area (Å²) in [6, 6.07) is 3.11. The van der Waals surface area contributed by atoms with Gasteiger partial charge in [-0.2, -0.15) is 0 Å². The first kappa shape index (κ1) is 14.4. The summed E-state index contributed by atoms with van der Waals surface area (Å²) >= 11 is 0. The van der Waals surface area contributed by atoms with E-state index in [0.29, 0.717) is 17.1 Å². The van der Waals surface area contributed by atoms with Crippen LogP contribution in [0.25, 0.3) is 0 Å². The van der Waals surface area contributed by atoms with E-state index in [9.17, 15) is 23.3 Å². The SMILES string of the molecule is O=C1c2cc([N+](=O)[O-])ccc2S(=O)(=O)N1CCCCO. The molecule has 0 aliphatic carbocycles. The Morgan fingerprint density at radius 2 is 2.00 bits per heavy atom. The third-order valence-electron chi connectivity index (χ3n) is 2.97. The second-order valence-electron chi connectivity index (χ2n) is 4.25. The van der Waals surface area contributed by atoms with Gasteiger partial charge in [0.2, 0.25) is 0 Å². The second kappa shape index (κ2) is 5.17. The molecule has 1 aromatic rings. The monoisotopic (exact) mass is 300 g/mol. The predicted octanol–water partition coefficient (Wildman–Crippen LogP) is 0.512. The molecule has 9 heteroatoms. The molecule has 1 aliphatic rings. The van der Waals surface area contributed by atoms with E-state index in [0.717, 1.165) is 18.2 Å². The van der Waals surface area contributed by atoms with Crippen LogP contribution in [0.2, 0.25) is 0 Å². The van der Waals surface area contributed by atoms with Crippen LogP contribution in [-0.2, 0) is 10.0 Å². The third kappa shape index (κ3) is 2.25. The van der Waals surface area contributed by atoms with Crippen LogP contribution < -0.4 is 0 Å². The van der Waals surface area contributed by atoms with Crippen molar-refractivity contribution in [2.75, 3.05) is 13.2 Å². The van der Waals surface area contributed by atoms with Crippen molar-refractivity contribution in [1.82, 2.24) is 4.31 Å². The predicted molar refractivity (Wildman–Crippen MR) is 67.6 cm³/mol. The van der Waals surface area contributed by atoms with Crippen LogP contribution in [0.3, 0.4) is 0 Å². The quantitative estimate of drug-likeness (QED) is 0.481. The summed E-state index contributed by atoms with van der Waals surface area (Å²) in [7, 11) is -3.94. The lowest BCUT2D eigenvalue weighted by atomic mass is 10.2. The van der Waals surface area contributed by atoms with Crippen LogP contribution in [0.5, 0.6) is 0 Å². The van der Waals surface area contributed by atoms with Gasteiger partial charge in [0.05, 0.1) is 10.5 Å². The minimum Gasteiger partial charge on any atom is -0.396 e. The van der Waals surface area contributed by atoms with Crippen molar-refractivity contribution in [3.05, 3.63) is 33.9 Å². The molecule has 0 bridgehead atoms. The van der Waals surface area contributed by atoms with E-state index in [2.05, 4.69) is 0 Å². The van der Waals surface area contributed by atoms with Gasteiger partial charge in [0, 0.05) is 25.3 Å². The molecule has 0 atom stereocenters. The number of fused-ring (bicyclic) bond motifs is 1. The Morgan fingerprint density at radius 3 is 2.60 bits per heavy atom.